The molecule has 4 heteroatoms. The Balaban J connectivity index is 2.64. The van der Waals surface area contributed by atoms with Gasteiger partial charge >= 0.3 is 5.97 Å². The van der Waals surface area contributed by atoms with Crippen LogP contribution in [-0.4, -0.2) is 23.0 Å². The number of benzene rings is 1. The standard InChI is InChI=1S/C15H21NO3/c1-15(2,3)10-9-12(14(18)19)16-13(17)11-7-5-4-6-8-11/h4-8,12H,9-10H2,1-3H3,(H,16,17)(H,18,19). The highest BCUT2D eigenvalue weighted by atomic mass is 16.4. The van der Waals surface area contributed by atoms with Gasteiger partial charge in [0.2, 0.25) is 0 Å². The second kappa shape index (κ2) is 6.36. The van der Waals surface area contributed by atoms with E-state index in [1.165, 1.54) is 0 Å². The minimum Gasteiger partial charge on any atom is -0.480 e. The van der Waals surface area contributed by atoms with Crippen LogP contribution in [0, 0.1) is 5.41 Å². The molecule has 104 valence electrons. The first-order valence-corrected chi connectivity index (χ1v) is 6.38. The van der Waals surface area contributed by atoms with E-state index in [9.17, 15) is 9.59 Å². The van der Waals surface area contributed by atoms with Crippen LogP contribution in [0.25, 0.3) is 0 Å². The van der Waals surface area contributed by atoms with Gasteiger partial charge in [-0.1, -0.05) is 39.0 Å². The third-order valence-corrected chi connectivity index (χ3v) is 2.82. The molecule has 0 aliphatic heterocycles. The topological polar surface area (TPSA) is 66.4 Å². The van der Waals surface area contributed by atoms with Gasteiger partial charge in [-0.3, -0.25) is 4.79 Å². The van der Waals surface area contributed by atoms with Crippen molar-refractivity contribution < 1.29 is 14.7 Å². The normalized spacial score (nSPS) is 12.8. The van der Waals surface area contributed by atoms with Gasteiger partial charge in [-0.2, -0.15) is 0 Å². The lowest BCUT2D eigenvalue weighted by Gasteiger charge is -2.21. The summed E-state index contributed by atoms with van der Waals surface area (Å²) in [6.45, 7) is 6.14. The highest BCUT2D eigenvalue weighted by Gasteiger charge is 2.23. The van der Waals surface area contributed by atoms with Crippen molar-refractivity contribution in [1.82, 2.24) is 5.32 Å². The summed E-state index contributed by atoms with van der Waals surface area (Å²) in [6, 6.07) is 7.80. The van der Waals surface area contributed by atoms with Gasteiger partial charge in [0.05, 0.1) is 0 Å². The predicted molar refractivity (Wildman–Crippen MR) is 74.0 cm³/mol. The lowest BCUT2D eigenvalue weighted by atomic mass is 9.88. The van der Waals surface area contributed by atoms with E-state index >= 15 is 0 Å². The fourth-order valence-electron chi connectivity index (χ4n) is 1.67. The minimum absolute atomic E-state index is 0.0468. The molecule has 0 spiro atoms. The number of amides is 1. The summed E-state index contributed by atoms with van der Waals surface area (Å²) in [5, 5.41) is 11.7. The zero-order chi connectivity index (χ0) is 14.5. The number of carboxylic acid groups (broad SMARTS) is 1. The van der Waals surface area contributed by atoms with Gasteiger partial charge < -0.3 is 10.4 Å². The fraction of sp³-hybridized carbons (Fsp3) is 0.467. The predicted octanol–water partition coefficient (Wildman–Crippen LogP) is 2.70. The van der Waals surface area contributed by atoms with Gasteiger partial charge in [0, 0.05) is 5.56 Å². The third-order valence-electron chi connectivity index (χ3n) is 2.82. The number of hydrogen-bond donors (Lipinski definition) is 2. The Morgan fingerprint density at radius 3 is 2.26 bits per heavy atom. The zero-order valence-electron chi connectivity index (χ0n) is 11.6. The maximum atomic E-state index is 11.9. The van der Waals surface area contributed by atoms with Crippen molar-refractivity contribution in [2.45, 2.75) is 39.7 Å². The van der Waals surface area contributed by atoms with Crippen LogP contribution in [0.1, 0.15) is 44.0 Å². The molecular weight excluding hydrogens is 242 g/mol. The monoisotopic (exact) mass is 263 g/mol. The van der Waals surface area contributed by atoms with E-state index in [1.807, 2.05) is 26.8 Å². The van der Waals surface area contributed by atoms with Crippen molar-refractivity contribution in [3.63, 3.8) is 0 Å². The Morgan fingerprint density at radius 2 is 1.79 bits per heavy atom. The van der Waals surface area contributed by atoms with E-state index < -0.39 is 12.0 Å². The molecule has 2 N–H and O–H groups in total. The molecule has 1 aromatic carbocycles. The summed E-state index contributed by atoms with van der Waals surface area (Å²) >= 11 is 0. The average molecular weight is 263 g/mol. The molecule has 0 radical (unpaired) electrons. The molecule has 1 aromatic rings. The first-order valence-electron chi connectivity index (χ1n) is 6.38. The summed E-state index contributed by atoms with van der Waals surface area (Å²) in [7, 11) is 0. The molecule has 0 fully saturated rings. The molecule has 0 saturated carbocycles. The van der Waals surface area contributed by atoms with E-state index in [0.29, 0.717) is 12.0 Å². The molecule has 19 heavy (non-hydrogen) atoms. The van der Waals surface area contributed by atoms with Crippen LogP contribution in [0.3, 0.4) is 0 Å². The van der Waals surface area contributed by atoms with Gasteiger partial charge in [-0.25, -0.2) is 4.79 Å². The maximum Gasteiger partial charge on any atom is 0.326 e. The maximum absolute atomic E-state index is 11.9. The Bertz CT molecular complexity index is 434. The minimum atomic E-state index is -0.992. The average Bonchev–Trinajstić information content (AvgIpc) is 2.33. The Labute approximate surface area is 113 Å². The molecule has 0 saturated heterocycles. The van der Waals surface area contributed by atoms with Crippen LogP contribution in [0.4, 0.5) is 0 Å². The van der Waals surface area contributed by atoms with Crippen molar-refractivity contribution in [2.75, 3.05) is 0 Å². The molecule has 0 aliphatic rings. The molecule has 0 aliphatic carbocycles. The number of carbonyl (C=O) groups excluding carboxylic acids is 1. The molecule has 1 amide bonds. The molecule has 1 unspecified atom stereocenters. The number of nitrogens with one attached hydrogen (secondary N) is 1. The van der Waals surface area contributed by atoms with Gasteiger partial charge in [0.25, 0.3) is 5.91 Å². The van der Waals surface area contributed by atoms with Crippen molar-refractivity contribution >= 4 is 11.9 Å². The lowest BCUT2D eigenvalue weighted by Crippen LogP contribution is -2.41. The zero-order valence-corrected chi connectivity index (χ0v) is 11.6. The molecule has 1 atom stereocenters. The number of aliphatic carboxylic acids is 1. The van der Waals surface area contributed by atoms with Crippen LogP contribution >= 0.6 is 0 Å². The van der Waals surface area contributed by atoms with Crippen LogP contribution in [0.5, 0.6) is 0 Å². The SMILES string of the molecule is CC(C)(C)CCC(NC(=O)c1ccccc1)C(=O)O. The van der Waals surface area contributed by atoms with Crippen LogP contribution in [0.2, 0.25) is 0 Å². The quantitative estimate of drug-likeness (QED) is 0.858. The van der Waals surface area contributed by atoms with E-state index in [-0.39, 0.29) is 11.3 Å². The highest BCUT2D eigenvalue weighted by Crippen LogP contribution is 2.21. The summed E-state index contributed by atoms with van der Waals surface area (Å²) in [5.74, 6) is -1.34. The van der Waals surface area contributed by atoms with Gasteiger partial charge in [0.1, 0.15) is 6.04 Å². The summed E-state index contributed by atoms with van der Waals surface area (Å²) in [6.07, 6.45) is 1.16. The van der Waals surface area contributed by atoms with E-state index in [1.54, 1.807) is 24.3 Å². The highest BCUT2D eigenvalue weighted by molar-refractivity contribution is 5.96. The number of hydrogen-bond acceptors (Lipinski definition) is 2. The molecule has 1 rings (SSSR count). The first-order chi connectivity index (χ1) is 8.79. The third kappa shape index (κ3) is 5.55. The second-order valence-electron chi connectivity index (χ2n) is 5.83. The van der Waals surface area contributed by atoms with Crippen molar-refractivity contribution in [3.8, 4) is 0 Å². The summed E-state index contributed by atoms with van der Waals surface area (Å²) in [4.78, 5) is 23.1. The summed E-state index contributed by atoms with van der Waals surface area (Å²) in [5.41, 5.74) is 0.523. The van der Waals surface area contributed by atoms with Crippen molar-refractivity contribution in [2.24, 2.45) is 5.41 Å². The molecule has 0 heterocycles. The second-order valence-corrected chi connectivity index (χ2v) is 5.83. The van der Waals surface area contributed by atoms with E-state index in [4.69, 9.17) is 5.11 Å². The summed E-state index contributed by atoms with van der Waals surface area (Å²) < 4.78 is 0. The van der Waals surface area contributed by atoms with Crippen molar-refractivity contribution in [1.29, 1.82) is 0 Å². The fourth-order valence-corrected chi connectivity index (χ4v) is 1.67. The molecule has 0 aromatic heterocycles. The number of rotatable bonds is 5. The Hall–Kier alpha value is -1.84. The van der Waals surface area contributed by atoms with Crippen LogP contribution in [-0.2, 0) is 4.79 Å². The van der Waals surface area contributed by atoms with E-state index in [2.05, 4.69) is 5.32 Å². The molecule has 4 nitrogen and oxygen atoms in total. The van der Waals surface area contributed by atoms with E-state index in [0.717, 1.165) is 6.42 Å². The Morgan fingerprint density at radius 1 is 1.21 bits per heavy atom. The largest absolute Gasteiger partial charge is 0.480 e. The lowest BCUT2D eigenvalue weighted by molar-refractivity contribution is -0.139. The van der Waals surface area contributed by atoms with Gasteiger partial charge in [0.15, 0.2) is 0 Å². The van der Waals surface area contributed by atoms with Crippen LogP contribution < -0.4 is 5.32 Å². The molecular formula is C15H21NO3. The first kappa shape index (κ1) is 15.2. The molecule has 0 bridgehead atoms. The van der Waals surface area contributed by atoms with Crippen molar-refractivity contribution in [3.05, 3.63) is 35.9 Å². The smallest absolute Gasteiger partial charge is 0.326 e. The Kier molecular flexibility index (Phi) is 5.10. The number of carbonyl (C=O) groups is 2. The van der Waals surface area contributed by atoms with Gasteiger partial charge in [-0.15, -0.1) is 0 Å². The van der Waals surface area contributed by atoms with Crippen LogP contribution in [0.15, 0.2) is 30.3 Å². The number of carboxylic acids is 1. The van der Waals surface area contributed by atoms with Gasteiger partial charge in [-0.05, 0) is 30.4 Å².